The first-order valence-electron chi connectivity index (χ1n) is 8.29. The number of aromatic carboxylic acids is 1. The first kappa shape index (κ1) is 22.0. The van der Waals surface area contributed by atoms with E-state index >= 15 is 0 Å². The summed E-state index contributed by atoms with van der Waals surface area (Å²) >= 11 is 6.11. The zero-order chi connectivity index (χ0) is 18.9. The number of carboxylic acid groups (broad SMARTS) is 1. The summed E-state index contributed by atoms with van der Waals surface area (Å²) in [6.45, 7) is 3.87. The van der Waals surface area contributed by atoms with E-state index in [1.807, 2.05) is 4.90 Å². The van der Waals surface area contributed by atoms with Gasteiger partial charge in [-0.3, -0.25) is 0 Å². The largest absolute Gasteiger partial charge is 1.00 e. The molecule has 0 radical (unpaired) electrons. The van der Waals surface area contributed by atoms with Crippen LogP contribution in [0.3, 0.4) is 0 Å². The van der Waals surface area contributed by atoms with Crippen LogP contribution in [0.1, 0.15) is 35.3 Å². The zero-order valence-electron chi connectivity index (χ0n) is 15.6. The fourth-order valence-corrected chi connectivity index (χ4v) is 3.16. The van der Waals surface area contributed by atoms with Crippen molar-refractivity contribution in [2.24, 2.45) is 0 Å². The summed E-state index contributed by atoms with van der Waals surface area (Å²) in [5.74, 6) is -0.0458. The third kappa shape index (κ3) is 5.35. The molecule has 1 aliphatic rings. The molecule has 0 fully saturated rings. The molecule has 0 aliphatic carbocycles. The molecule has 27 heavy (non-hydrogen) atoms. The van der Waals surface area contributed by atoms with Crippen LogP contribution in [-0.2, 0) is 13.0 Å². The van der Waals surface area contributed by atoms with E-state index in [0.717, 1.165) is 5.56 Å². The monoisotopic (exact) mass is 400 g/mol. The Morgan fingerprint density at radius 2 is 2.15 bits per heavy atom. The Labute approximate surface area is 184 Å². The van der Waals surface area contributed by atoms with Gasteiger partial charge in [-0.25, -0.2) is 9.37 Å². The topological polar surface area (TPSA) is 65.5 Å². The number of aromatic nitrogens is 1. The summed E-state index contributed by atoms with van der Waals surface area (Å²) in [4.78, 5) is 17.6. The molecule has 0 unspecified atom stereocenters. The van der Waals surface area contributed by atoms with Crippen molar-refractivity contribution >= 4 is 23.4 Å². The molecule has 0 saturated carbocycles. The number of carbonyl (C=O) groups is 1. The van der Waals surface area contributed by atoms with Crippen LogP contribution < -0.4 is 44.3 Å². The van der Waals surface area contributed by atoms with Gasteiger partial charge in [-0.15, -0.1) is 0 Å². The van der Waals surface area contributed by atoms with Crippen molar-refractivity contribution in [2.75, 3.05) is 18.1 Å². The number of benzene rings is 1. The van der Waals surface area contributed by atoms with Crippen LogP contribution in [0.5, 0.6) is 5.75 Å². The number of anilines is 1. The van der Waals surface area contributed by atoms with Crippen molar-refractivity contribution in [3.8, 4) is 5.75 Å². The molecule has 1 aromatic carbocycles. The molecule has 8 heteroatoms. The van der Waals surface area contributed by atoms with Gasteiger partial charge in [0.05, 0.1) is 5.97 Å². The fourth-order valence-electron chi connectivity index (χ4n) is 2.97. The van der Waals surface area contributed by atoms with Crippen LogP contribution in [0.2, 0.25) is 5.02 Å². The molecule has 0 atom stereocenters. The molecule has 138 valence electrons. The minimum atomic E-state index is -1.46. The Balaban J connectivity index is 0.00000261. The van der Waals surface area contributed by atoms with Crippen molar-refractivity contribution < 1.29 is 48.6 Å². The average Bonchev–Trinajstić information content (AvgIpc) is 2.96. The summed E-state index contributed by atoms with van der Waals surface area (Å²) in [5, 5.41) is 11.8. The minimum absolute atomic E-state index is 0. The molecule has 0 saturated heterocycles. The number of halogens is 2. The number of rotatable bonds is 6. The summed E-state index contributed by atoms with van der Waals surface area (Å²) in [6, 6.07) is 6.62. The standard InChI is InChI=1S/C19H20ClFN2O3.Na/c1-19(2,21)11-26-16-4-3-13(20)9-12(16)10-23-8-6-14-15(18(24)25)5-7-22-17(14)23;/h3-5,7,9H,6,8,10-11H2,1-2H3,(H,24,25);/q;+1/p-1. The molecule has 1 aromatic heterocycles. The van der Waals surface area contributed by atoms with Gasteiger partial charge in [0.2, 0.25) is 0 Å². The second kappa shape index (κ2) is 8.78. The molecule has 0 N–H and O–H groups in total. The van der Waals surface area contributed by atoms with Crippen molar-refractivity contribution in [3.05, 3.63) is 52.2 Å². The maximum absolute atomic E-state index is 13.8. The second-order valence-corrected chi connectivity index (χ2v) is 7.32. The third-order valence-electron chi connectivity index (χ3n) is 4.14. The summed E-state index contributed by atoms with van der Waals surface area (Å²) < 4.78 is 19.4. The van der Waals surface area contributed by atoms with Gasteiger partial charge in [-0.2, -0.15) is 0 Å². The van der Waals surface area contributed by atoms with E-state index in [0.29, 0.717) is 41.7 Å². The molecular weight excluding hydrogens is 382 g/mol. The molecule has 0 spiro atoms. The summed E-state index contributed by atoms with van der Waals surface area (Å²) in [5.41, 5.74) is 0.165. The number of hydrogen-bond acceptors (Lipinski definition) is 5. The average molecular weight is 401 g/mol. The predicted molar refractivity (Wildman–Crippen MR) is 95.5 cm³/mol. The van der Waals surface area contributed by atoms with Crippen molar-refractivity contribution in [1.29, 1.82) is 0 Å². The predicted octanol–water partition coefficient (Wildman–Crippen LogP) is -0.208. The normalized spacial score (nSPS) is 13.1. The smallest absolute Gasteiger partial charge is 0.545 e. The molecular formula is C19H19ClFN2NaO3. The van der Waals surface area contributed by atoms with E-state index in [1.165, 1.54) is 26.1 Å². The SMILES string of the molecule is CC(C)(F)COc1ccc(Cl)cc1CN1CCc2c(C(=O)[O-])ccnc21.[Na+]. The van der Waals surface area contributed by atoms with Gasteiger partial charge >= 0.3 is 29.6 Å². The van der Waals surface area contributed by atoms with Crippen molar-refractivity contribution in [2.45, 2.75) is 32.5 Å². The van der Waals surface area contributed by atoms with E-state index in [9.17, 15) is 14.3 Å². The third-order valence-corrected chi connectivity index (χ3v) is 4.37. The first-order chi connectivity index (χ1) is 12.2. The maximum atomic E-state index is 13.8. The van der Waals surface area contributed by atoms with Gasteiger partial charge in [0, 0.05) is 41.0 Å². The molecule has 5 nitrogen and oxygen atoms in total. The number of ether oxygens (including phenoxy) is 1. The Hall–Kier alpha value is -1.34. The Morgan fingerprint density at radius 3 is 2.81 bits per heavy atom. The molecule has 3 rings (SSSR count). The van der Waals surface area contributed by atoms with Gasteiger partial charge in [0.25, 0.3) is 0 Å². The minimum Gasteiger partial charge on any atom is -0.545 e. The van der Waals surface area contributed by atoms with Gasteiger partial charge < -0.3 is 19.5 Å². The molecule has 2 heterocycles. The fraction of sp³-hybridized carbons (Fsp3) is 0.368. The van der Waals surface area contributed by atoms with Crippen LogP contribution in [0.15, 0.2) is 30.5 Å². The Morgan fingerprint density at radius 1 is 1.41 bits per heavy atom. The summed E-state index contributed by atoms with van der Waals surface area (Å²) in [7, 11) is 0. The van der Waals surface area contributed by atoms with Gasteiger partial charge in [0.15, 0.2) is 0 Å². The number of nitrogens with zero attached hydrogens (tertiary/aromatic N) is 2. The maximum Gasteiger partial charge on any atom is 1.00 e. The Kier molecular flexibility index (Phi) is 7.14. The number of fused-ring (bicyclic) bond motifs is 1. The molecule has 0 amide bonds. The van der Waals surface area contributed by atoms with Crippen LogP contribution in [-0.4, -0.2) is 29.8 Å². The van der Waals surface area contributed by atoms with Gasteiger partial charge in [-0.1, -0.05) is 11.6 Å². The Bertz CT molecular complexity index is 842. The van der Waals surface area contributed by atoms with Crippen molar-refractivity contribution in [1.82, 2.24) is 4.98 Å². The second-order valence-electron chi connectivity index (χ2n) is 6.88. The van der Waals surface area contributed by atoms with Crippen LogP contribution >= 0.6 is 11.6 Å². The first-order valence-corrected chi connectivity index (χ1v) is 8.67. The van der Waals surface area contributed by atoms with E-state index in [-0.39, 0.29) is 41.7 Å². The number of carboxylic acids is 1. The quantitative estimate of drug-likeness (QED) is 0.628. The summed E-state index contributed by atoms with van der Waals surface area (Å²) in [6.07, 6.45) is 2.03. The van der Waals surface area contributed by atoms with Crippen molar-refractivity contribution in [3.63, 3.8) is 0 Å². The number of carbonyl (C=O) groups excluding carboxylic acids is 1. The number of pyridine rings is 1. The number of alkyl halides is 1. The van der Waals surface area contributed by atoms with E-state index < -0.39 is 11.6 Å². The zero-order valence-corrected chi connectivity index (χ0v) is 18.3. The van der Waals surface area contributed by atoms with Crippen LogP contribution in [0.4, 0.5) is 10.2 Å². The van der Waals surface area contributed by atoms with Gasteiger partial charge in [0.1, 0.15) is 23.8 Å². The van der Waals surface area contributed by atoms with E-state index in [1.54, 1.807) is 18.2 Å². The molecule has 1 aliphatic heterocycles. The molecule has 2 aromatic rings. The van der Waals surface area contributed by atoms with E-state index in [2.05, 4.69) is 4.98 Å². The number of hydrogen-bond donors (Lipinski definition) is 0. The van der Waals surface area contributed by atoms with Crippen LogP contribution in [0, 0.1) is 0 Å². The van der Waals surface area contributed by atoms with E-state index in [4.69, 9.17) is 16.3 Å². The van der Waals surface area contributed by atoms with Gasteiger partial charge in [-0.05, 0) is 44.5 Å². The van der Waals surface area contributed by atoms with Crippen LogP contribution in [0.25, 0.3) is 0 Å². The molecule has 0 bridgehead atoms.